The lowest BCUT2D eigenvalue weighted by Gasteiger charge is -2.54. The summed E-state index contributed by atoms with van der Waals surface area (Å²) in [4.78, 5) is 29.8. The molecule has 1 spiro atoms. The van der Waals surface area contributed by atoms with Gasteiger partial charge in [-0.15, -0.1) is 0 Å². The number of imide groups is 1. The Morgan fingerprint density at radius 3 is 2.52 bits per heavy atom. The smallest absolute Gasteiger partial charge is 0.229 e. The van der Waals surface area contributed by atoms with Crippen molar-refractivity contribution in [3.05, 3.63) is 0 Å². The molecule has 0 aromatic carbocycles. The van der Waals surface area contributed by atoms with E-state index in [1.807, 2.05) is 6.92 Å². The molecule has 3 fully saturated rings. The Morgan fingerprint density at radius 2 is 1.89 bits per heavy atom. The number of guanidine groups is 1. The van der Waals surface area contributed by atoms with Crippen LogP contribution >= 0.6 is 0 Å². The predicted molar refractivity (Wildman–Crippen MR) is 104 cm³/mol. The fourth-order valence-corrected chi connectivity index (χ4v) is 4.89. The summed E-state index contributed by atoms with van der Waals surface area (Å²) in [5.74, 6) is 0.645. The van der Waals surface area contributed by atoms with Crippen LogP contribution in [0.25, 0.3) is 0 Å². The third-order valence-electron chi connectivity index (χ3n) is 6.32. The van der Waals surface area contributed by atoms with E-state index in [9.17, 15) is 9.59 Å². The molecule has 7 heteroatoms. The van der Waals surface area contributed by atoms with E-state index in [4.69, 9.17) is 4.74 Å². The highest BCUT2D eigenvalue weighted by molar-refractivity contribution is 5.97. The highest BCUT2D eigenvalue weighted by Gasteiger charge is 2.56. The van der Waals surface area contributed by atoms with E-state index in [1.165, 1.54) is 30.6 Å². The Balaban J connectivity index is 1.58. The molecule has 2 atom stereocenters. The second-order valence-electron chi connectivity index (χ2n) is 7.87. The van der Waals surface area contributed by atoms with E-state index in [0.29, 0.717) is 44.5 Å². The van der Waals surface area contributed by atoms with E-state index in [-0.39, 0.29) is 17.2 Å². The number of rotatable bonds is 7. The van der Waals surface area contributed by atoms with E-state index >= 15 is 0 Å². The number of carbonyl (C=O) groups is 2. The molecule has 2 amide bonds. The van der Waals surface area contributed by atoms with Gasteiger partial charge in [0.25, 0.3) is 0 Å². The predicted octanol–water partition coefficient (Wildman–Crippen LogP) is 1.82. The summed E-state index contributed by atoms with van der Waals surface area (Å²) in [5.41, 5.74) is 0.241. The van der Waals surface area contributed by atoms with Gasteiger partial charge in [-0.25, -0.2) is 0 Å². The van der Waals surface area contributed by atoms with E-state index in [1.54, 1.807) is 0 Å². The van der Waals surface area contributed by atoms with Crippen molar-refractivity contribution >= 4 is 17.8 Å². The SMILES string of the molecule is CCNC(=NCCN1C(=O)CCCC1=O)NC1CC(OCC)C12CCCC2. The summed E-state index contributed by atoms with van der Waals surface area (Å²) in [7, 11) is 0. The molecule has 152 valence electrons. The standard InChI is InChI=1S/C20H34N4O3/c1-3-21-19(22-12-13-24-17(25)8-7-9-18(24)26)23-15-14-16(27-4-2)20(15)10-5-6-11-20/h15-16H,3-14H2,1-2H3,(H2,21,22,23). The van der Waals surface area contributed by atoms with E-state index in [0.717, 1.165) is 25.5 Å². The lowest BCUT2D eigenvalue weighted by Crippen LogP contribution is -2.65. The van der Waals surface area contributed by atoms with Crippen LogP contribution in [-0.2, 0) is 14.3 Å². The molecule has 2 unspecified atom stereocenters. The first-order valence-electron chi connectivity index (χ1n) is 10.6. The Morgan fingerprint density at radius 1 is 1.19 bits per heavy atom. The third-order valence-corrected chi connectivity index (χ3v) is 6.32. The summed E-state index contributed by atoms with van der Waals surface area (Å²) >= 11 is 0. The molecule has 1 aliphatic heterocycles. The maximum absolute atomic E-state index is 11.9. The maximum atomic E-state index is 11.9. The van der Waals surface area contributed by atoms with Gasteiger partial charge in [0.1, 0.15) is 0 Å². The number of nitrogens with zero attached hydrogens (tertiary/aromatic N) is 2. The summed E-state index contributed by atoms with van der Waals surface area (Å²) in [6.45, 7) is 6.46. The van der Waals surface area contributed by atoms with Crippen molar-refractivity contribution in [3.63, 3.8) is 0 Å². The second kappa shape index (κ2) is 9.04. The maximum Gasteiger partial charge on any atom is 0.229 e. The third kappa shape index (κ3) is 4.28. The van der Waals surface area contributed by atoms with Crippen LogP contribution in [-0.4, -0.2) is 61.1 Å². The topological polar surface area (TPSA) is 83.0 Å². The number of likely N-dealkylation sites (tertiary alicyclic amines) is 1. The number of aliphatic imine (C=N–C) groups is 1. The van der Waals surface area contributed by atoms with Gasteiger partial charge in [-0.05, 0) is 39.5 Å². The first-order valence-corrected chi connectivity index (χ1v) is 10.6. The largest absolute Gasteiger partial charge is 0.378 e. The van der Waals surface area contributed by atoms with Crippen molar-refractivity contribution in [3.8, 4) is 0 Å². The normalized spacial score (nSPS) is 27.8. The fourth-order valence-electron chi connectivity index (χ4n) is 4.89. The highest BCUT2D eigenvalue weighted by atomic mass is 16.5. The molecule has 0 aromatic heterocycles. The van der Waals surface area contributed by atoms with Crippen LogP contribution in [0.1, 0.15) is 65.2 Å². The number of hydrogen-bond acceptors (Lipinski definition) is 4. The van der Waals surface area contributed by atoms with Gasteiger partial charge in [0.15, 0.2) is 5.96 Å². The lowest BCUT2D eigenvalue weighted by atomic mass is 9.60. The van der Waals surface area contributed by atoms with Gasteiger partial charge in [-0.2, -0.15) is 0 Å². The van der Waals surface area contributed by atoms with Crippen LogP contribution in [0.5, 0.6) is 0 Å². The molecule has 2 saturated carbocycles. The molecule has 2 aliphatic carbocycles. The van der Waals surface area contributed by atoms with Crippen LogP contribution < -0.4 is 10.6 Å². The van der Waals surface area contributed by atoms with Crippen molar-refractivity contribution in [1.29, 1.82) is 0 Å². The summed E-state index contributed by atoms with van der Waals surface area (Å²) in [5, 5.41) is 6.91. The summed E-state index contributed by atoms with van der Waals surface area (Å²) in [6, 6.07) is 0.382. The highest BCUT2D eigenvalue weighted by Crippen LogP contribution is 2.54. The number of ether oxygens (including phenoxy) is 1. The van der Waals surface area contributed by atoms with Gasteiger partial charge >= 0.3 is 0 Å². The Labute approximate surface area is 162 Å². The minimum absolute atomic E-state index is 0.0668. The van der Waals surface area contributed by atoms with Crippen molar-refractivity contribution < 1.29 is 14.3 Å². The average Bonchev–Trinajstić information content (AvgIpc) is 3.16. The fraction of sp³-hybridized carbons (Fsp3) is 0.850. The van der Waals surface area contributed by atoms with Crippen LogP contribution in [0.3, 0.4) is 0 Å². The number of amides is 2. The van der Waals surface area contributed by atoms with Gasteiger partial charge < -0.3 is 15.4 Å². The summed E-state index contributed by atoms with van der Waals surface area (Å²) < 4.78 is 5.99. The molecule has 1 saturated heterocycles. The van der Waals surface area contributed by atoms with Crippen molar-refractivity contribution in [2.45, 2.75) is 77.4 Å². The van der Waals surface area contributed by atoms with Crippen molar-refractivity contribution in [2.24, 2.45) is 10.4 Å². The average molecular weight is 379 g/mol. The number of carbonyl (C=O) groups excluding carboxylic acids is 2. The van der Waals surface area contributed by atoms with Crippen molar-refractivity contribution in [2.75, 3.05) is 26.2 Å². The molecule has 0 radical (unpaired) electrons. The molecule has 0 aromatic rings. The van der Waals surface area contributed by atoms with E-state index in [2.05, 4.69) is 22.5 Å². The zero-order valence-electron chi connectivity index (χ0n) is 16.8. The Bertz CT molecular complexity index is 556. The molecule has 0 bridgehead atoms. The van der Waals surface area contributed by atoms with Crippen LogP contribution in [0.4, 0.5) is 0 Å². The Hall–Kier alpha value is -1.63. The zero-order chi connectivity index (χ0) is 19.3. The molecule has 2 N–H and O–H groups in total. The van der Waals surface area contributed by atoms with Gasteiger partial charge in [0.2, 0.25) is 11.8 Å². The van der Waals surface area contributed by atoms with Gasteiger partial charge in [0, 0.05) is 44.0 Å². The minimum Gasteiger partial charge on any atom is -0.378 e. The lowest BCUT2D eigenvalue weighted by molar-refractivity contribution is -0.147. The molecular weight excluding hydrogens is 344 g/mol. The van der Waals surface area contributed by atoms with E-state index < -0.39 is 0 Å². The number of piperidine rings is 1. The molecule has 3 rings (SSSR count). The van der Waals surface area contributed by atoms with Crippen LogP contribution in [0, 0.1) is 5.41 Å². The molecular formula is C20H34N4O3. The number of nitrogens with one attached hydrogen (secondary N) is 2. The van der Waals surface area contributed by atoms with Gasteiger partial charge in [-0.1, -0.05) is 12.8 Å². The Kier molecular flexibility index (Phi) is 6.73. The van der Waals surface area contributed by atoms with Crippen LogP contribution in [0.15, 0.2) is 4.99 Å². The van der Waals surface area contributed by atoms with Gasteiger partial charge in [0.05, 0.1) is 12.6 Å². The first-order chi connectivity index (χ1) is 13.1. The molecule has 1 heterocycles. The monoisotopic (exact) mass is 378 g/mol. The first kappa shape index (κ1) is 20.1. The van der Waals surface area contributed by atoms with Crippen molar-refractivity contribution in [1.82, 2.24) is 15.5 Å². The molecule has 27 heavy (non-hydrogen) atoms. The van der Waals surface area contributed by atoms with Gasteiger partial charge in [-0.3, -0.25) is 19.5 Å². The molecule has 3 aliphatic rings. The number of hydrogen-bond donors (Lipinski definition) is 2. The molecule has 7 nitrogen and oxygen atoms in total. The summed E-state index contributed by atoms with van der Waals surface area (Å²) in [6.07, 6.45) is 7.96. The quantitative estimate of drug-likeness (QED) is 0.401. The second-order valence-corrected chi connectivity index (χ2v) is 7.87. The minimum atomic E-state index is -0.0668. The van der Waals surface area contributed by atoms with Crippen LogP contribution in [0.2, 0.25) is 0 Å². The zero-order valence-corrected chi connectivity index (χ0v) is 16.8.